The normalized spacial score (nSPS) is 18.6. The van der Waals surface area contributed by atoms with E-state index in [2.05, 4.69) is 12.2 Å². The van der Waals surface area contributed by atoms with Crippen LogP contribution < -0.4 is 5.32 Å². The smallest absolute Gasteiger partial charge is 0.228 e. The molecule has 3 nitrogen and oxygen atoms in total. The standard InChI is InChI=1S/C13H19ClN2OS/c1-13(5-7-15-8-6-13)12(17)16(2)9-10-3-4-11(14)18-10/h3-4,15H,5-9H2,1-2H3. The Hall–Kier alpha value is -0.580. The number of nitrogens with zero attached hydrogens (tertiary/aromatic N) is 1. The summed E-state index contributed by atoms with van der Waals surface area (Å²) >= 11 is 7.44. The van der Waals surface area contributed by atoms with Gasteiger partial charge in [0.2, 0.25) is 5.91 Å². The fraction of sp³-hybridized carbons (Fsp3) is 0.615. The summed E-state index contributed by atoms with van der Waals surface area (Å²) in [6.45, 7) is 4.59. The Labute approximate surface area is 117 Å². The van der Waals surface area contributed by atoms with Gasteiger partial charge in [-0.05, 0) is 38.1 Å². The molecule has 100 valence electrons. The number of thiophene rings is 1. The molecule has 0 unspecified atom stereocenters. The molecule has 1 aromatic rings. The molecule has 1 aromatic heterocycles. The first kappa shape index (κ1) is 13.8. The number of piperidine rings is 1. The Morgan fingerprint density at radius 3 is 2.72 bits per heavy atom. The monoisotopic (exact) mass is 286 g/mol. The van der Waals surface area contributed by atoms with Crippen LogP contribution in [0.5, 0.6) is 0 Å². The fourth-order valence-electron chi connectivity index (χ4n) is 2.40. The molecule has 2 rings (SSSR count). The van der Waals surface area contributed by atoms with Crippen LogP contribution in [0.15, 0.2) is 12.1 Å². The highest BCUT2D eigenvalue weighted by Crippen LogP contribution is 2.31. The van der Waals surface area contributed by atoms with Crippen LogP contribution in [0.25, 0.3) is 0 Å². The molecule has 1 N–H and O–H groups in total. The van der Waals surface area contributed by atoms with Gasteiger partial charge in [-0.15, -0.1) is 11.3 Å². The van der Waals surface area contributed by atoms with Crippen molar-refractivity contribution in [2.75, 3.05) is 20.1 Å². The Kier molecular flexibility index (Phi) is 4.30. The number of carbonyl (C=O) groups is 1. The highest BCUT2D eigenvalue weighted by molar-refractivity contribution is 7.16. The predicted octanol–water partition coefficient (Wildman–Crippen LogP) is 2.75. The zero-order valence-electron chi connectivity index (χ0n) is 10.8. The molecule has 2 heterocycles. The maximum absolute atomic E-state index is 12.5. The molecular weight excluding hydrogens is 268 g/mol. The summed E-state index contributed by atoms with van der Waals surface area (Å²) in [6, 6.07) is 3.87. The van der Waals surface area contributed by atoms with Crippen molar-refractivity contribution in [3.63, 3.8) is 0 Å². The second-order valence-electron chi connectivity index (χ2n) is 5.18. The third-order valence-corrected chi connectivity index (χ3v) is 4.81. The van der Waals surface area contributed by atoms with Crippen LogP contribution in [-0.4, -0.2) is 30.9 Å². The number of hydrogen-bond acceptors (Lipinski definition) is 3. The second-order valence-corrected chi connectivity index (χ2v) is 6.98. The van der Waals surface area contributed by atoms with Gasteiger partial charge in [0, 0.05) is 17.3 Å². The largest absolute Gasteiger partial charge is 0.340 e. The summed E-state index contributed by atoms with van der Waals surface area (Å²) in [4.78, 5) is 15.5. The van der Waals surface area contributed by atoms with Gasteiger partial charge in [-0.1, -0.05) is 18.5 Å². The van der Waals surface area contributed by atoms with Gasteiger partial charge in [-0.3, -0.25) is 4.79 Å². The van der Waals surface area contributed by atoms with E-state index in [-0.39, 0.29) is 11.3 Å². The fourth-order valence-corrected chi connectivity index (χ4v) is 3.54. The van der Waals surface area contributed by atoms with Gasteiger partial charge >= 0.3 is 0 Å². The first-order valence-corrected chi connectivity index (χ1v) is 7.41. The molecule has 0 aromatic carbocycles. The number of amides is 1. The average molecular weight is 287 g/mol. The highest BCUT2D eigenvalue weighted by atomic mass is 35.5. The SMILES string of the molecule is CN(Cc1ccc(Cl)s1)C(=O)C1(C)CCNCC1. The molecule has 1 aliphatic heterocycles. The zero-order chi connectivity index (χ0) is 13.2. The molecule has 0 radical (unpaired) electrons. The molecule has 0 atom stereocenters. The van der Waals surface area contributed by atoms with E-state index < -0.39 is 0 Å². The van der Waals surface area contributed by atoms with Gasteiger partial charge in [0.1, 0.15) is 0 Å². The van der Waals surface area contributed by atoms with Crippen molar-refractivity contribution in [2.45, 2.75) is 26.3 Å². The molecule has 0 bridgehead atoms. The Morgan fingerprint density at radius 1 is 1.50 bits per heavy atom. The van der Waals surface area contributed by atoms with E-state index >= 15 is 0 Å². The molecule has 1 fully saturated rings. The van der Waals surface area contributed by atoms with Crippen molar-refractivity contribution in [1.29, 1.82) is 0 Å². The van der Waals surface area contributed by atoms with Crippen LogP contribution in [0.4, 0.5) is 0 Å². The lowest BCUT2D eigenvalue weighted by Crippen LogP contribution is -2.46. The first-order valence-electron chi connectivity index (χ1n) is 6.22. The van der Waals surface area contributed by atoms with Gasteiger partial charge in [-0.25, -0.2) is 0 Å². The van der Waals surface area contributed by atoms with Crippen molar-refractivity contribution in [3.05, 3.63) is 21.3 Å². The van der Waals surface area contributed by atoms with Gasteiger partial charge < -0.3 is 10.2 Å². The lowest BCUT2D eigenvalue weighted by atomic mass is 9.80. The Balaban J connectivity index is 1.99. The number of carbonyl (C=O) groups excluding carboxylic acids is 1. The maximum atomic E-state index is 12.5. The topological polar surface area (TPSA) is 32.3 Å². The summed E-state index contributed by atoms with van der Waals surface area (Å²) in [5.41, 5.74) is -0.207. The Bertz CT molecular complexity index is 426. The summed E-state index contributed by atoms with van der Waals surface area (Å²) in [7, 11) is 1.88. The molecule has 18 heavy (non-hydrogen) atoms. The zero-order valence-corrected chi connectivity index (χ0v) is 12.4. The molecule has 1 saturated heterocycles. The van der Waals surface area contributed by atoms with Gasteiger partial charge in [0.05, 0.1) is 10.9 Å². The highest BCUT2D eigenvalue weighted by Gasteiger charge is 2.36. The van der Waals surface area contributed by atoms with E-state index in [1.54, 1.807) is 0 Å². The van der Waals surface area contributed by atoms with Crippen molar-refractivity contribution in [1.82, 2.24) is 10.2 Å². The number of rotatable bonds is 3. The molecule has 1 aliphatic rings. The van der Waals surface area contributed by atoms with Crippen LogP contribution in [0, 0.1) is 5.41 Å². The van der Waals surface area contributed by atoms with Gasteiger partial charge in [0.25, 0.3) is 0 Å². The van der Waals surface area contributed by atoms with Crippen molar-refractivity contribution in [2.24, 2.45) is 5.41 Å². The minimum Gasteiger partial charge on any atom is -0.340 e. The van der Waals surface area contributed by atoms with Crippen LogP contribution in [0.3, 0.4) is 0 Å². The molecule has 0 spiro atoms. The number of hydrogen-bond donors (Lipinski definition) is 1. The minimum atomic E-state index is -0.207. The Morgan fingerprint density at radius 2 is 2.17 bits per heavy atom. The summed E-state index contributed by atoms with van der Waals surface area (Å²) in [5, 5.41) is 3.30. The summed E-state index contributed by atoms with van der Waals surface area (Å²) in [5.74, 6) is 0.244. The van der Waals surface area contributed by atoms with Crippen molar-refractivity contribution >= 4 is 28.8 Å². The lowest BCUT2D eigenvalue weighted by molar-refractivity contribution is -0.141. The molecule has 5 heteroatoms. The summed E-state index contributed by atoms with van der Waals surface area (Å²) < 4.78 is 0.777. The van der Waals surface area contributed by atoms with Crippen LogP contribution in [0.1, 0.15) is 24.6 Å². The summed E-state index contributed by atoms with van der Waals surface area (Å²) in [6.07, 6.45) is 1.84. The van der Waals surface area contributed by atoms with Crippen LogP contribution in [0.2, 0.25) is 4.34 Å². The maximum Gasteiger partial charge on any atom is 0.228 e. The predicted molar refractivity (Wildman–Crippen MR) is 76.0 cm³/mol. The van der Waals surface area contributed by atoms with E-state index in [4.69, 9.17) is 11.6 Å². The molecule has 1 amide bonds. The van der Waals surface area contributed by atoms with Crippen LogP contribution in [-0.2, 0) is 11.3 Å². The van der Waals surface area contributed by atoms with E-state index in [1.807, 2.05) is 24.1 Å². The number of halogens is 1. The lowest BCUT2D eigenvalue weighted by Gasteiger charge is -2.35. The van der Waals surface area contributed by atoms with E-state index in [0.29, 0.717) is 6.54 Å². The van der Waals surface area contributed by atoms with Crippen molar-refractivity contribution in [3.8, 4) is 0 Å². The van der Waals surface area contributed by atoms with Gasteiger partial charge in [0.15, 0.2) is 0 Å². The molecule has 0 saturated carbocycles. The number of nitrogens with one attached hydrogen (secondary N) is 1. The van der Waals surface area contributed by atoms with E-state index in [0.717, 1.165) is 35.1 Å². The third-order valence-electron chi connectivity index (χ3n) is 3.59. The molecular formula is C13H19ClN2OS. The first-order chi connectivity index (χ1) is 8.51. The second kappa shape index (κ2) is 5.59. The van der Waals surface area contributed by atoms with E-state index in [9.17, 15) is 4.79 Å². The van der Waals surface area contributed by atoms with Crippen molar-refractivity contribution < 1.29 is 4.79 Å². The van der Waals surface area contributed by atoms with Crippen LogP contribution >= 0.6 is 22.9 Å². The van der Waals surface area contributed by atoms with Gasteiger partial charge in [-0.2, -0.15) is 0 Å². The quantitative estimate of drug-likeness (QED) is 0.927. The minimum absolute atomic E-state index is 0.207. The average Bonchev–Trinajstić information content (AvgIpc) is 2.74. The van der Waals surface area contributed by atoms with E-state index in [1.165, 1.54) is 11.3 Å². The molecule has 0 aliphatic carbocycles. The third kappa shape index (κ3) is 3.05.